The van der Waals surface area contributed by atoms with E-state index in [-0.39, 0.29) is 6.03 Å². The fourth-order valence-corrected chi connectivity index (χ4v) is 1.68. The van der Waals surface area contributed by atoms with Gasteiger partial charge in [0.25, 0.3) is 0 Å². The number of benzene rings is 1. The topological polar surface area (TPSA) is 76.7 Å². The molecule has 0 saturated heterocycles. The monoisotopic (exact) mass is 294 g/mol. The molecule has 0 spiro atoms. The summed E-state index contributed by atoms with van der Waals surface area (Å²) in [5.41, 5.74) is 1.12. The molecule has 0 saturated carbocycles. The first-order valence-corrected chi connectivity index (χ1v) is 6.74. The van der Waals surface area contributed by atoms with E-state index in [9.17, 15) is 9.59 Å². The molecular weight excluding hydrogens is 272 g/mol. The van der Waals surface area contributed by atoms with E-state index in [0.29, 0.717) is 30.3 Å². The SMILES string of the molecule is COC(=O)c1cc(CNC(=O)NCC(C)C)ccc1OC. The molecule has 21 heavy (non-hydrogen) atoms. The zero-order valence-corrected chi connectivity index (χ0v) is 12.9. The average molecular weight is 294 g/mol. The highest BCUT2D eigenvalue weighted by Crippen LogP contribution is 2.20. The molecule has 0 bridgehead atoms. The second-order valence-corrected chi connectivity index (χ2v) is 4.98. The third kappa shape index (κ3) is 5.33. The first kappa shape index (κ1) is 16.8. The molecule has 0 aliphatic heterocycles. The van der Waals surface area contributed by atoms with Gasteiger partial charge in [0, 0.05) is 13.1 Å². The number of hydrogen-bond donors (Lipinski definition) is 2. The molecule has 1 aromatic carbocycles. The summed E-state index contributed by atoms with van der Waals surface area (Å²) in [4.78, 5) is 23.2. The molecule has 0 aliphatic carbocycles. The number of carbonyl (C=O) groups is 2. The normalized spacial score (nSPS) is 10.1. The summed E-state index contributed by atoms with van der Waals surface area (Å²) < 4.78 is 9.82. The van der Waals surface area contributed by atoms with E-state index >= 15 is 0 Å². The van der Waals surface area contributed by atoms with E-state index in [1.807, 2.05) is 13.8 Å². The molecule has 0 radical (unpaired) electrons. The number of carbonyl (C=O) groups excluding carboxylic acids is 2. The Morgan fingerprint density at radius 3 is 2.48 bits per heavy atom. The second kappa shape index (κ2) is 8.14. The van der Waals surface area contributed by atoms with Crippen LogP contribution in [0.4, 0.5) is 4.79 Å². The first-order chi connectivity index (χ1) is 9.97. The molecule has 0 unspecified atom stereocenters. The van der Waals surface area contributed by atoms with Crippen LogP contribution in [0.5, 0.6) is 5.75 Å². The van der Waals surface area contributed by atoms with Gasteiger partial charge >= 0.3 is 12.0 Å². The molecule has 0 aliphatic rings. The highest BCUT2D eigenvalue weighted by atomic mass is 16.5. The lowest BCUT2D eigenvalue weighted by atomic mass is 10.1. The minimum Gasteiger partial charge on any atom is -0.496 e. The van der Waals surface area contributed by atoms with E-state index in [1.165, 1.54) is 14.2 Å². The number of esters is 1. The maximum Gasteiger partial charge on any atom is 0.341 e. The van der Waals surface area contributed by atoms with Crippen molar-refractivity contribution in [2.24, 2.45) is 5.92 Å². The van der Waals surface area contributed by atoms with Crippen molar-refractivity contribution in [1.29, 1.82) is 0 Å². The molecule has 0 atom stereocenters. The summed E-state index contributed by atoms with van der Waals surface area (Å²) >= 11 is 0. The zero-order chi connectivity index (χ0) is 15.8. The maximum atomic E-state index is 11.7. The van der Waals surface area contributed by atoms with Crippen molar-refractivity contribution in [1.82, 2.24) is 10.6 Å². The van der Waals surface area contributed by atoms with Crippen LogP contribution in [0.2, 0.25) is 0 Å². The largest absolute Gasteiger partial charge is 0.496 e. The Morgan fingerprint density at radius 1 is 1.19 bits per heavy atom. The standard InChI is InChI=1S/C15H22N2O4/c1-10(2)8-16-15(19)17-9-11-5-6-13(20-3)12(7-11)14(18)21-4/h5-7,10H,8-9H2,1-4H3,(H2,16,17,19). The van der Waals surface area contributed by atoms with Gasteiger partial charge in [0.2, 0.25) is 0 Å². The summed E-state index contributed by atoms with van der Waals surface area (Å²) in [5.74, 6) is 0.357. The summed E-state index contributed by atoms with van der Waals surface area (Å²) in [6.07, 6.45) is 0. The van der Waals surface area contributed by atoms with Crippen LogP contribution in [0.15, 0.2) is 18.2 Å². The summed E-state index contributed by atoms with van der Waals surface area (Å²) in [5, 5.41) is 5.49. The predicted octanol–water partition coefficient (Wildman–Crippen LogP) is 1.94. The molecule has 116 valence electrons. The van der Waals surface area contributed by atoms with Crippen LogP contribution in [-0.4, -0.2) is 32.8 Å². The number of amides is 2. The highest BCUT2D eigenvalue weighted by molar-refractivity contribution is 5.92. The van der Waals surface area contributed by atoms with Crippen LogP contribution < -0.4 is 15.4 Å². The molecule has 2 amide bonds. The van der Waals surface area contributed by atoms with Gasteiger partial charge in [-0.2, -0.15) is 0 Å². The van der Waals surface area contributed by atoms with E-state index < -0.39 is 5.97 Å². The predicted molar refractivity (Wildman–Crippen MR) is 79.4 cm³/mol. The van der Waals surface area contributed by atoms with E-state index in [1.54, 1.807) is 18.2 Å². The van der Waals surface area contributed by atoms with Crippen molar-refractivity contribution in [2.75, 3.05) is 20.8 Å². The number of ether oxygens (including phenoxy) is 2. The Morgan fingerprint density at radius 2 is 1.90 bits per heavy atom. The van der Waals surface area contributed by atoms with Crippen LogP contribution in [0.1, 0.15) is 29.8 Å². The lowest BCUT2D eigenvalue weighted by molar-refractivity contribution is 0.0597. The minimum absolute atomic E-state index is 0.237. The molecular formula is C15H22N2O4. The van der Waals surface area contributed by atoms with Gasteiger partial charge in [-0.3, -0.25) is 0 Å². The maximum absolute atomic E-state index is 11.7. The summed E-state index contributed by atoms with van der Waals surface area (Å²) in [6.45, 7) is 4.97. The number of methoxy groups -OCH3 is 2. The first-order valence-electron chi connectivity index (χ1n) is 6.74. The van der Waals surface area contributed by atoms with Crippen molar-refractivity contribution in [3.05, 3.63) is 29.3 Å². The molecule has 1 rings (SSSR count). The summed E-state index contributed by atoms with van der Waals surface area (Å²) in [7, 11) is 2.80. The number of urea groups is 1. The second-order valence-electron chi connectivity index (χ2n) is 4.98. The minimum atomic E-state index is -0.474. The Hall–Kier alpha value is -2.24. The van der Waals surface area contributed by atoms with Gasteiger partial charge in [-0.15, -0.1) is 0 Å². The van der Waals surface area contributed by atoms with Crippen LogP contribution in [0.25, 0.3) is 0 Å². The molecule has 1 aromatic rings. The van der Waals surface area contributed by atoms with Crippen LogP contribution in [0.3, 0.4) is 0 Å². The Kier molecular flexibility index (Phi) is 6.52. The van der Waals surface area contributed by atoms with Crippen LogP contribution >= 0.6 is 0 Å². The van der Waals surface area contributed by atoms with Crippen molar-refractivity contribution in [3.8, 4) is 5.75 Å². The van der Waals surface area contributed by atoms with Gasteiger partial charge in [0.15, 0.2) is 0 Å². The van der Waals surface area contributed by atoms with Gasteiger partial charge in [-0.05, 0) is 23.6 Å². The number of nitrogens with one attached hydrogen (secondary N) is 2. The van der Waals surface area contributed by atoms with Gasteiger partial charge in [0.1, 0.15) is 11.3 Å². The van der Waals surface area contributed by atoms with Gasteiger partial charge in [0.05, 0.1) is 14.2 Å². The number of rotatable bonds is 6. The molecule has 0 heterocycles. The third-order valence-electron chi connectivity index (χ3n) is 2.79. The molecule has 0 fully saturated rings. The molecule has 0 aromatic heterocycles. The van der Waals surface area contributed by atoms with E-state index in [4.69, 9.17) is 9.47 Å². The molecule has 2 N–H and O–H groups in total. The zero-order valence-electron chi connectivity index (χ0n) is 12.9. The highest BCUT2D eigenvalue weighted by Gasteiger charge is 2.13. The third-order valence-corrected chi connectivity index (χ3v) is 2.79. The van der Waals surface area contributed by atoms with Crippen molar-refractivity contribution in [3.63, 3.8) is 0 Å². The summed E-state index contributed by atoms with van der Waals surface area (Å²) in [6, 6.07) is 4.87. The average Bonchev–Trinajstić information content (AvgIpc) is 2.49. The Labute approximate surface area is 124 Å². The lowest BCUT2D eigenvalue weighted by Gasteiger charge is -2.11. The Balaban J connectivity index is 2.68. The van der Waals surface area contributed by atoms with Gasteiger partial charge < -0.3 is 20.1 Å². The van der Waals surface area contributed by atoms with Crippen LogP contribution in [0, 0.1) is 5.92 Å². The van der Waals surface area contributed by atoms with Crippen LogP contribution in [-0.2, 0) is 11.3 Å². The quantitative estimate of drug-likeness (QED) is 0.786. The van der Waals surface area contributed by atoms with Crippen molar-refractivity contribution in [2.45, 2.75) is 20.4 Å². The lowest BCUT2D eigenvalue weighted by Crippen LogP contribution is -2.37. The smallest absolute Gasteiger partial charge is 0.341 e. The number of hydrogen-bond acceptors (Lipinski definition) is 4. The molecule has 6 heteroatoms. The fraction of sp³-hybridized carbons (Fsp3) is 0.467. The van der Waals surface area contributed by atoms with E-state index in [0.717, 1.165) is 5.56 Å². The van der Waals surface area contributed by atoms with E-state index in [2.05, 4.69) is 10.6 Å². The fourth-order valence-electron chi connectivity index (χ4n) is 1.68. The molecule has 6 nitrogen and oxygen atoms in total. The van der Waals surface area contributed by atoms with Gasteiger partial charge in [-0.25, -0.2) is 9.59 Å². The Bertz CT molecular complexity index is 500. The van der Waals surface area contributed by atoms with Crippen molar-refractivity contribution < 1.29 is 19.1 Å². The van der Waals surface area contributed by atoms with Gasteiger partial charge in [-0.1, -0.05) is 19.9 Å². The van der Waals surface area contributed by atoms with Crippen molar-refractivity contribution >= 4 is 12.0 Å².